The second kappa shape index (κ2) is 10.7. The van der Waals surface area contributed by atoms with Crippen molar-refractivity contribution in [1.29, 1.82) is 0 Å². The van der Waals surface area contributed by atoms with Gasteiger partial charge in [-0.05, 0) is 48.5 Å². The number of hydrogen-bond acceptors (Lipinski definition) is 8. The standard InChI is InChI=1S/C28H28N4O6S/c1-37-25-11-9-21(17-26(25)38-2)39(35,36)30-19-8-10-24-22(16-19)23(28(33)34)18-27(29-24)32-14-12-31(13-15-32)20-6-4-3-5-7-20/h3-11,16-18,30H,12-15H2,1-2H3,(H,33,34). The van der Waals surface area contributed by atoms with Gasteiger partial charge in [0, 0.05) is 49.0 Å². The van der Waals surface area contributed by atoms with E-state index in [9.17, 15) is 18.3 Å². The summed E-state index contributed by atoms with van der Waals surface area (Å²) in [6, 6.07) is 20.6. The molecule has 0 bridgehead atoms. The first-order valence-corrected chi connectivity index (χ1v) is 13.8. The number of carboxylic acids is 1. The van der Waals surface area contributed by atoms with Crippen LogP contribution in [0.2, 0.25) is 0 Å². The first-order chi connectivity index (χ1) is 18.8. The molecule has 2 heterocycles. The Labute approximate surface area is 226 Å². The van der Waals surface area contributed by atoms with Crippen LogP contribution < -0.4 is 24.0 Å². The molecule has 0 spiro atoms. The Morgan fingerprint density at radius 1 is 0.872 bits per heavy atom. The number of fused-ring (bicyclic) bond motifs is 1. The highest BCUT2D eigenvalue weighted by Crippen LogP contribution is 2.31. The van der Waals surface area contributed by atoms with Crippen LogP contribution in [0.15, 0.2) is 77.7 Å². The fraction of sp³-hybridized carbons (Fsp3) is 0.214. The van der Waals surface area contributed by atoms with Gasteiger partial charge in [0.2, 0.25) is 0 Å². The maximum atomic E-state index is 13.1. The molecule has 0 aliphatic carbocycles. The molecule has 0 atom stereocenters. The molecule has 2 N–H and O–H groups in total. The van der Waals surface area contributed by atoms with Crippen molar-refractivity contribution in [2.24, 2.45) is 0 Å². The van der Waals surface area contributed by atoms with Crippen molar-refractivity contribution in [3.8, 4) is 11.5 Å². The molecule has 1 saturated heterocycles. The third kappa shape index (κ3) is 5.39. The molecule has 5 rings (SSSR count). The van der Waals surface area contributed by atoms with E-state index in [4.69, 9.17) is 14.5 Å². The van der Waals surface area contributed by atoms with E-state index < -0.39 is 16.0 Å². The van der Waals surface area contributed by atoms with Gasteiger partial charge in [-0.15, -0.1) is 0 Å². The van der Waals surface area contributed by atoms with Crippen molar-refractivity contribution >= 4 is 44.1 Å². The van der Waals surface area contributed by atoms with Crippen LogP contribution in [0, 0.1) is 0 Å². The summed E-state index contributed by atoms with van der Waals surface area (Å²) in [6.45, 7) is 2.94. The van der Waals surface area contributed by atoms with Gasteiger partial charge in [-0.1, -0.05) is 18.2 Å². The van der Waals surface area contributed by atoms with E-state index in [-0.39, 0.29) is 21.9 Å². The number of carbonyl (C=O) groups is 1. The molecule has 0 radical (unpaired) electrons. The number of rotatable bonds is 8. The molecule has 10 nitrogen and oxygen atoms in total. The van der Waals surface area contributed by atoms with E-state index in [1.165, 1.54) is 38.5 Å². The fourth-order valence-corrected chi connectivity index (χ4v) is 5.71. The highest BCUT2D eigenvalue weighted by Gasteiger charge is 2.22. The predicted molar refractivity (Wildman–Crippen MR) is 150 cm³/mol. The van der Waals surface area contributed by atoms with E-state index in [0.717, 1.165) is 18.8 Å². The fourth-order valence-electron chi connectivity index (χ4n) is 4.64. The summed E-state index contributed by atoms with van der Waals surface area (Å²) >= 11 is 0. The van der Waals surface area contributed by atoms with Crippen LogP contribution >= 0.6 is 0 Å². The van der Waals surface area contributed by atoms with E-state index >= 15 is 0 Å². The first kappa shape index (κ1) is 26.1. The molecular formula is C28H28N4O6S. The smallest absolute Gasteiger partial charge is 0.336 e. The van der Waals surface area contributed by atoms with Gasteiger partial charge in [-0.25, -0.2) is 18.2 Å². The lowest BCUT2D eigenvalue weighted by molar-refractivity contribution is 0.0699. The second-order valence-electron chi connectivity index (χ2n) is 9.00. The van der Waals surface area contributed by atoms with Gasteiger partial charge in [0.05, 0.1) is 30.2 Å². The van der Waals surface area contributed by atoms with Gasteiger partial charge in [-0.2, -0.15) is 0 Å². The quantitative estimate of drug-likeness (QED) is 0.335. The normalized spacial score (nSPS) is 13.8. The van der Waals surface area contributed by atoms with Crippen LogP contribution in [0.4, 0.5) is 17.2 Å². The number of carboxylic acid groups (broad SMARTS) is 1. The number of para-hydroxylation sites is 1. The van der Waals surface area contributed by atoms with E-state index in [2.05, 4.69) is 26.7 Å². The Kier molecular flexibility index (Phi) is 7.16. The molecule has 0 unspecified atom stereocenters. The van der Waals surface area contributed by atoms with Gasteiger partial charge in [-0.3, -0.25) is 4.72 Å². The van der Waals surface area contributed by atoms with Crippen molar-refractivity contribution < 1.29 is 27.8 Å². The van der Waals surface area contributed by atoms with Crippen LogP contribution in [0.5, 0.6) is 11.5 Å². The minimum absolute atomic E-state index is 0.0261. The maximum Gasteiger partial charge on any atom is 0.336 e. The van der Waals surface area contributed by atoms with Crippen molar-refractivity contribution in [2.45, 2.75) is 4.90 Å². The molecule has 0 amide bonds. The summed E-state index contributed by atoms with van der Waals surface area (Å²) in [5.41, 5.74) is 1.88. The lowest BCUT2D eigenvalue weighted by Crippen LogP contribution is -2.46. The van der Waals surface area contributed by atoms with Gasteiger partial charge in [0.25, 0.3) is 10.0 Å². The highest BCUT2D eigenvalue weighted by molar-refractivity contribution is 7.92. The number of piperazine rings is 1. The van der Waals surface area contributed by atoms with Crippen LogP contribution in [0.25, 0.3) is 10.9 Å². The summed E-state index contributed by atoms with van der Waals surface area (Å²) < 4.78 is 39.0. The Morgan fingerprint density at radius 3 is 2.23 bits per heavy atom. The molecule has 202 valence electrons. The summed E-state index contributed by atoms with van der Waals surface area (Å²) in [5.74, 6) is 0.128. The maximum absolute atomic E-state index is 13.1. The molecule has 1 aliphatic rings. The van der Waals surface area contributed by atoms with Gasteiger partial charge in [0.15, 0.2) is 11.5 Å². The van der Waals surface area contributed by atoms with Gasteiger partial charge in [0.1, 0.15) is 5.82 Å². The predicted octanol–water partition coefficient (Wildman–Crippen LogP) is 4.08. The number of aromatic carboxylic acids is 1. The number of pyridine rings is 1. The minimum Gasteiger partial charge on any atom is -0.493 e. The number of aromatic nitrogens is 1. The van der Waals surface area contributed by atoms with Crippen molar-refractivity contribution in [2.75, 3.05) is 54.9 Å². The Morgan fingerprint density at radius 2 is 1.56 bits per heavy atom. The molecule has 39 heavy (non-hydrogen) atoms. The SMILES string of the molecule is COc1ccc(S(=O)(=O)Nc2ccc3nc(N4CCN(c5ccccc5)CC4)cc(C(=O)O)c3c2)cc1OC. The second-order valence-corrected chi connectivity index (χ2v) is 10.7. The number of nitrogens with zero attached hydrogens (tertiary/aromatic N) is 3. The molecule has 1 fully saturated rings. The summed E-state index contributed by atoms with van der Waals surface area (Å²) in [4.78, 5) is 21.3. The number of benzene rings is 3. The zero-order valence-electron chi connectivity index (χ0n) is 21.5. The van der Waals surface area contributed by atoms with Crippen LogP contribution in [0.3, 0.4) is 0 Å². The Hall–Kier alpha value is -4.51. The van der Waals surface area contributed by atoms with Crippen LogP contribution in [0.1, 0.15) is 10.4 Å². The zero-order chi connectivity index (χ0) is 27.6. The lowest BCUT2D eigenvalue weighted by Gasteiger charge is -2.37. The van der Waals surface area contributed by atoms with Gasteiger partial charge < -0.3 is 24.4 Å². The summed E-state index contributed by atoms with van der Waals surface area (Å²) in [7, 11) is -1.11. The van der Waals surface area contributed by atoms with Crippen molar-refractivity contribution in [3.05, 3.63) is 78.4 Å². The number of hydrogen-bond donors (Lipinski definition) is 2. The van der Waals surface area contributed by atoms with E-state index in [0.29, 0.717) is 35.6 Å². The highest BCUT2D eigenvalue weighted by atomic mass is 32.2. The van der Waals surface area contributed by atoms with Gasteiger partial charge >= 0.3 is 5.97 Å². The molecule has 11 heteroatoms. The lowest BCUT2D eigenvalue weighted by atomic mass is 10.1. The topological polar surface area (TPSA) is 121 Å². The first-order valence-electron chi connectivity index (χ1n) is 12.3. The van der Waals surface area contributed by atoms with Crippen molar-refractivity contribution in [3.63, 3.8) is 0 Å². The monoisotopic (exact) mass is 548 g/mol. The molecule has 4 aromatic rings. The van der Waals surface area contributed by atoms with E-state index in [1.807, 2.05) is 18.2 Å². The number of sulfonamides is 1. The molecule has 0 saturated carbocycles. The number of nitrogens with one attached hydrogen (secondary N) is 1. The summed E-state index contributed by atoms with van der Waals surface area (Å²) in [6.07, 6.45) is 0. The third-order valence-electron chi connectivity index (χ3n) is 6.67. The molecule has 1 aliphatic heterocycles. The summed E-state index contributed by atoms with van der Waals surface area (Å²) in [5, 5.41) is 10.3. The molecule has 1 aromatic heterocycles. The Balaban J connectivity index is 1.41. The third-order valence-corrected chi connectivity index (χ3v) is 8.05. The average Bonchev–Trinajstić information content (AvgIpc) is 2.96. The largest absolute Gasteiger partial charge is 0.493 e. The van der Waals surface area contributed by atoms with E-state index in [1.54, 1.807) is 18.2 Å². The van der Waals surface area contributed by atoms with Crippen molar-refractivity contribution in [1.82, 2.24) is 4.98 Å². The van der Waals surface area contributed by atoms with Crippen LogP contribution in [-0.2, 0) is 10.0 Å². The average molecular weight is 549 g/mol. The number of anilines is 3. The molecular weight excluding hydrogens is 520 g/mol. The number of methoxy groups -OCH3 is 2. The minimum atomic E-state index is -3.99. The zero-order valence-corrected chi connectivity index (χ0v) is 22.3. The van der Waals surface area contributed by atoms with Crippen LogP contribution in [-0.4, -0.2) is 64.9 Å². The number of ether oxygens (including phenoxy) is 2. The Bertz CT molecular complexity index is 1620. The molecule has 3 aromatic carbocycles.